The lowest BCUT2D eigenvalue weighted by Gasteiger charge is -2.06. The van der Waals surface area contributed by atoms with Gasteiger partial charge < -0.3 is 9.30 Å². The molecule has 1 aromatic carbocycles. The Hall–Kier alpha value is -2.10. The van der Waals surface area contributed by atoms with Crippen LogP contribution in [0.25, 0.3) is 10.8 Å². The highest BCUT2D eigenvalue weighted by atomic mass is 16.5. The van der Waals surface area contributed by atoms with E-state index in [0.717, 1.165) is 10.9 Å². The maximum absolute atomic E-state index is 11.9. The summed E-state index contributed by atoms with van der Waals surface area (Å²) in [5.74, 6) is -0.307. The molecule has 0 saturated heterocycles. The maximum Gasteiger partial charge on any atom is 0.309 e. The van der Waals surface area contributed by atoms with E-state index in [0.29, 0.717) is 5.39 Å². The summed E-state index contributed by atoms with van der Waals surface area (Å²) in [5.41, 5.74) is 0.751. The second-order valence-corrected chi connectivity index (χ2v) is 3.86. The number of nitrogens with zero attached hydrogens (tertiary/aromatic N) is 1. The van der Waals surface area contributed by atoms with Gasteiger partial charge in [-0.25, -0.2) is 0 Å². The molecule has 2 aromatic rings. The van der Waals surface area contributed by atoms with Gasteiger partial charge in [0.05, 0.1) is 13.5 Å². The van der Waals surface area contributed by atoms with Crippen molar-refractivity contribution in [1.29, 1.82) is 0 Å². The number of aryl methyl sites for hydroxylation is 1. The molecule has 1 heterocycles. The third-order valence-electron chi connectivity index (χ3n) is 2.77. The molecule has 0 bridgehead atoms. The fraction of sp³-hybridized carbons (Fsp3) is 0.231. The number of carbonyl (C=O) groups is 1. The van der Waals surface area contributed by atoms with Crippen LogP contribution < -0.4 is 5.56 Å². The highest BCUT2D eigenvalue weighted by molar-refractivity contribution is 5.88. The molecule has 0 aliphatic heterocycles. The lowest BCUT2D eigenvalue weighted by atomic mass is 10.0. The normalized spacial score (nSPS) is 10.5. The summed E-state index contributed by atoms with van der Waals surface area (Å²) in [6.45, 7) is 0. The second kappa shape index (κ2) is 4.41. The van der Waals surface area contributed by atoms with E-state index in [1.165, 1.54) is 11.7 Å². The van der Waals surface area contributed by atoms with Crippen molar-refractivity contribution in [3.05, 3.63) is 46.4 Å². The molecule has 17 heavy (non-hydrogen) atoms. The summed E-state index contributed by atoms with van der Waals surface area (Å²) in [5, 5.41) is 1.43. The zero-order chi connectivity index (χ0) is 12.4. The van der Waals surface area contributed by atoms with Gasteiger partial charge in [0, 0.05) is 18.6 Å². The van der Waals surface area contributed by atoms with E-state index in [1.54, 1.807) is 25.4 Å². The molecular formula is C13H13NO3. The van der Waals surface area contributed by atoms with Gasteiger partial charge in [-0.15, -0.1) is 0 Å². The highest BCUT2D eigenvalue weighted by Crippen LogP contribution is 2.16. The number of pyridine rings is 1. The molecule has 0 aliphatic carbocycles. The van der Waals surface area contributed by atoms with Crippen molar-refractivity contribution < 1.29 is 9.53 Å². The Bertz CT molecular complexity index is 628. The number of benzene rings is 1. The van der Waals surface area contributed by atoms with Gasteiger partial charge in [0.2, 0.25) is 0 Å². The lowest BCUT2D eigenvalue weighted by molar-refractivity contribution is -0.139. The van der Waals surface area contributed by atoms with E-state index in [9.17, 15) is 9.59 Å². The molecule has 0 amide bonds. The fourth-order valence-corrected chi connectivity index (χ4v) is 1.82. The average Bonchev–Trinajstić information content (AvgIpc) is 2.34. The molecule has 4 nitrogen and oxygen atoms in total. The smallest absolute Gasteiger partial charge is 0.309 e. The van der Waals surface area contributed by atoms with Crippen molar-refractivity contribution in [3.8, 4) is 0 Å². The van der Waals surface area contributed by atoms with Crippen LogP contribution in [0.15, 0.2) is 35.3 Å². The molecule has 0 atom stereocenters. The fourth-order valence-electron chi connectivity index (χ4n) is 1.82. The monoisotopic (exact) mass is 231 g/mol. The van der Waals surface area contributed by atoms with Gasteiger partial charge in [-0.05, 0) is 23.1 Å². The largest absolute Gasteiger partial charge is 0.469 e. The number of hydrogen-bond donors (Lipinski definition) is 0. The van der Waals surface area contributed by atoms with Crippen LogP contribution in [0, 0.1) is 0 Å². The molecule has 88 valence electrons. The summed E-state index contributed by atoms with van der Waals surface area (Å²) >= 11 is 0. The molecule has 0 spiro atoms. The second-order valence-electron chi connectivity index (χ2n) is 3.86. The number of aromatic nitrogens is 1. The number of rotatable bonds is 2. The van der Waals surface area contributed by atoms with E-state index in [-0.39, 0.29) is 17.9 Å². The minimum absolute atomic E-state index is 0.0609. The van der Waals surface area contributed by atoms with Crippen LogP contribution in [-0.2, 0) is 23.0 Å². The molecular weight excluding hydrogens is 218 g/mol. The van der Waals surface area contributed by atoms with Crippen molar-refractivity contribution in [1.82, 2.24) is 4.57 Å². The first-order valence-corrected chi connectivity index (χ1v) is 5.27. The van der Waals surface area contributed by atoms with Gasteiger partial charge in [-0.3, -0.25) is 9.59 Å². The van der Waals surface area contributed by atoms with E-state index in [2.05, 4.69) is 4.74 Å². The Balaban J connectivity index is 2.63. The van der Waals surface area contributed by atoms with Gasteiger partial charge in [-0.2, -0.15) is 0 Å². The first-order valence-electron chi connectivity index (χ1n) is 5.27. The van der Waals surface area contributed by atoms with Gasteiger partial charge >= 0.3 is 5.97 Å². The molecule has 4 heteroatoms. The van der Waals surface area contributed by atoms with E-state index in [1.807, 2.05) is 12.1 Å². The van der Waals surface area contributed by atoms with Crippen LogP contribution in [0.5, 0.6) is 0 Å². The minimum atomic E-state index is -0.307. The summed E-state index contributed by atoms with van der Waals surface area (Å²) in [6.07, 6.45) is 1.88. The molecule has 0 fully saturated rings. The maximum atomic E-state index is 11.9. The van der Waals surface area contributed by atoms with Crippen LogP contribution >= 0.6 is 0 Å². The first kappa shape index (κ1) is 11.4. The standard InChI is InChI=1S/C13H13NO3/c1-14-7-6-10-9(8-12(15)17-2)4-3-5-11(10)13(14)16/h3-7H,8H2,1-2H3. The van der Waals surface area contributed by atoms with Crippen molar-refractivity contribution >= 4 is 16.7 Å². The molecule has 0 N–H and O–H groups in total. The zero-order valence-electron chi connectivity index (χ0n) is 9.77. The summed E-state index contributed by atoms with van der Waals surface area (Å²) < 4.78 is 6.15. The van der Waals surface area contributed by atoms with E-state index in [4.69, 9.17) is 0 Å². The SMILES string of the molecule is COC(=O)Cc1cccc2c(=O)n(C)ccc12. The van der Waals surface area contributed by atoms with Gasteiger partial charge in [0.1, 0.15) is 0 Å². The van der Waals surface area contributed by atoms with Crippen LogP contribution in [0.1, 0.15) is 5.56 Å². The third-order valence-corrected chi connectivity index (χ3v) is 2.77. The highest BCUT2D eigenvalue weighted by Gasteiger charge is 2.08. The Morgan fingerprint density at radius 3 is 2.76 bits per heavy atom. The Morgan fingerprint density at radius 1 is 1.29 bits per heavy atom. The molecule has 1 aromatic heterocycles. The van der Waals surface area contributed by atoms with E-state index < -0.39 is 0 Å². The van der Waals surface area contributed by atoms with Crippen LogP contribution in [0.2, 0.25) is 0 Å². The topological polar surface area (TPSA) is 48.3 Å². The molecule has 0 aliphatic rings. The summed E-state index contributed by atoms with van der Waals surface area (Å²) in [6, 6.07) is 7.22. The predicted octanol–water partition coefficient (Wildman–Crippen LogP) is 1.25. The zero-order valence-corrected chi connectivity index (χ0v) is 9.77. The molecule has 0 radical (unpaired) electrons. The number of esters is 1. The lowest BCUT2D eigenvalue weighted by Crippen LogP contribution is -2.16. The number of hydrogen-bond acceptors (Lipinski definition) is 3. The average molecular weight is 231 g/mol. The quantitative estimate of drug-likeness (QED) is 0.731. The number of ether oxygens (including phenoxy) is 1. The third kappa shape index (κ3) is 2.06. The first-order chi connectivity index (χ1) is 8.13. The van der Waals surface area contributed by atoms with Gasteiger partial charge in [0.25, 0.3) is 5.56 Å². The van der Waals surface area contributed by atoms with Crippen molar-refractivity contribution in [3.63, 3.8) is 0 Å². The van der Waals surface area contributed by atoms with Crippen molar-refractivity contribution in [2.75, 3.05) is 7.11 Å². The van der Waals surface area contributed by atoms with E-state index >= 15 is 0 Å². The van der Waals surface area contributed by atoms with Crippen LogP contribution in [0.3, 0.4) is 0 Å². The minimum Gasteiger partial charge on any atom is -0.469 e. The molecule has 0 saturated carbocycles. The Labute approximate surface area is 98.4 Å². The van der Waals surface area contributed by atoms with Gasteiger partial charge in [-0.1, -0.05) is 12.1 Å². The van der Waals surface area contributed by atoms with Crippen molar-refractivity contribution in [2.24, 2.45) is 7.05 Å². The number of fused-ring (bicyclic) bond motifs is 1. The molecule has 0 unspecified atom stereocenters. The number of methoxy groups -OCH3 is 1. The molecule has 2 rings (SSSR count). The predicted molar refractivity (Wildman–Crippen MR) is 64.9 cm³/mol. The Kier molecular flexibility index (Phi) is 2.95. The summed E-state index contributed by atoms with van der Waals surface area (Å²) in [4.78, 5) is 23.2. The number of carbonyl (C=O) groups excluding carboxylic acids is 1. The van der Waals surface area contributed by atoms with Crippen LogP contribution in [-0.4, -0.2) is 17.6 Å². The van der Waals surface area contributed by atoms with Crippen LogP contribution in [0.4, 0.5) is 0 Å². The van der Waals surface area contributed by atoms with Crippen molar-refractivity contribution in [2.45, 2.75) is 6.42 Å². The Morgan fingerprint density at radius 2 is 2.06 bits per heavy atom. The van der Waals surface area contributed by atoms with Gasteiger partial charge in [0.15, 0.2) is 0 Å². The summed E-state index contributed by atoms with van der Waals surface area (Å²) in [7, 11) is 3.06.